The number of hydrogen-bond acceptors (Lipinski definition) is 2. The predicted octanol–water partition coefficient (Wildman–Crippen LogP) is 1.18. The average Bonchev–Trinajstić information content (AvgIpc) is 1.90. The van der Waals surface area contributed by atoms with Crippen molar-refractivity contribution in [3.63, 3.8) is 0 Å². The van der Waals surface area contributed by atoms with E-state index in [0.29, 0.717) is 6.42 Å². The Labute approximate surface area is 59.6 Å². The second-order valence-corrected chi connectivity index (χ2v) is 1.92. The van der Waals surface area contributed by atoms with Gasteiger partial charge in [0.2, 0.25) is 0 Å². The molecule has 0 saturated heterocycles. The summed E-state index contributed by atoms with van der Waals surface area (Å²) < 4.78 is 0. The van der Waals surface area contributed by atoms with Crippen LogP contribution >= 0.6 is 0 Å². The van der Waals surface area contributed by atoms with E-state index < -0.39 is 11.9 Å². The zero-order valence-corrected chi connectivity index (χ0v) is 5.79. The third-order valence-electron chi connectivity index (χ3n) is 1.26. The lowest BCUT2D eigenvalue weighted by Crippen LogP contribution is -2.08. The first kappa shape index (κ1) is 8.70. The van der Waals surface area contributed by atoms with Crippen LogP contribution in [0, 0.1) is 17.2 Å². The Morgan fingerprint density at radius 3 is 2.50 bits per heavy atom. The molecule has 0 aliphatic carbocycles. The summed E-state index contributed by atoms with van der Waals surface area (Å²) in [5.74, 6) is -1.63. The van der Waals surface area contributed by atoms with Crippen molar-refractivity contribution >= 4 is 5.97 Å². The molecule has 1 unspecified atom stereocenters. The molecule has 0 fully saturated rings. The predicted molar refractivity (Wildman–Crippen MR) is 36.2 cm³/mol. The Kier molecular flexibility index (Phi) is 3.20. The van der Waals surface area contributed by atoms with Gasteiger partial charge in [-0.1, -0.05) is 13.5 Å². The number of nitrogens with zero attached hydrogens (tertiary/aromatic N) is 1. The molecular weight excluding hydrogens is 130 g/mol. The molecule has 0 heterocycles. The smallest absolute Gasteiger partial charge is 0.332 e. The lowest BCUT2D eigenvalue weighted by atomic mass is 10.00. The fraction of sp³-hybridized carbons (Fsp3) is 0.429. The lowest BCUT2D eigenvalue weighted by molar-refractivity contribution is -0.133. The van der Waals surface area contributed by atoms with Gasteiger partial charge in [-0.3, -0.25) is 0 Å². The summed E-state index contributed by atoms with van der Waals surface area (Å²) >= 11 is 0. The quantitative estimate of drug-likeness (QED) is 0.597. The monoisotopic (exact) mass is 139 g/mol. The van der Waals surface area contributed by atoms with Gasteiger partial charge in [0.15, 0.2) is 0 Å². The maximum Gasteiger partial charge on any atom is 0.332 e. The van der Waals surface area contributed by atoms with Crippen LogP contribution < -0.4 is 0 Å². The number of aliphatic carboxylic acids is 1. The Balaban J connectivity index is 4.20. The van der Waals surface area contributed by atoms with Gasteiger partial charge >= 0.3 is 5.97 Å². The number of nitriles is 1. The van der Waals surface area contributed by atoms with Crippen molar-refractivity contribution in [3.05, 3.63) is 12.2 Å². The van der Waals surface area contributed by atoms with E-state index in [1.165, 1.54) is 0 Å². The minimum absolute atomic E-state index is 0.0231. The number of rotatable bonds is 3. The van der Waals surface area contributed by atoms with E-state index in [4.69, 9.17) is 10.4 Å². The van der Waals surface area contributed by atoms with Gasteiger partial charge in [-0.15, -0.1) is 0 Å². The molecule has 3 heteroatoms. The Hall–Kier alpha value is -1.30. The van der Waals surface area contributed by atoms with Gasteiger partial charge in [0.25, 0.3) is 0 Å². The van der Waals surface area contributed by atoms with Crippen LogP contribution in [0.5, 0.6) is 0 Å². The summed E-state index contributed by atoms with van der Waals surface area (Å²) in [6, 6.07) is 1.85. The molecule has 1 atom stereocenters. The lowest BCUT2D eigenvalue weighted by Gasteiger charge is -2.02. The first-order valence-corrected chi connectivity index (χ1v) is 2.95. The molecule has 0 rings (SSSR count). The molecule has 0 spiro atoms. The maximum atomic E-state index is 10.2. The topological polar surface area (TPSA) is 61.1 Å². The van der Waals surface area contributed by atoms with E-state index >= 15 is 0 Å². The minimum atomic E-state index is -1.09. The molecule has 0 aromatic heterocycles. The van der Waals surface area contributed by atoms with E-state index in [2.05, 4.69) is 6.58 Å². The zero-order chi connectivity index (χ0) is 8.15. The largest absolute Gasteiger partial charge is 0.478 e. The molecular formula is C7H9NO2. The van der Waals surface area contributed by atoms with Crippen LogP contribution in [-0.4, -0.2) is 11.1 Å². The molecule has 1 N–H and O–H groups in total. The van der Waals surface area contributed by atoms with Crippen LogP contribution in [0.3, 0.4) is 0 Å². The second kappa shape index (κ2) is 3.67. The van der Waals surface area contributed by atoms with Crippen LogP contribution in [0.25, 0.3) is 0 Å². The normalized spacial score (nSPS) is 11.6. The van der Waals surface area contributed by atoms with Crippen molar-refractivity contribution in [2.45, 2.75) is 13.3 Å². The summed E-state index contributed by atoms with van der Waals surface area (Å²) in [6.45, 7) is 5.03. The van der Waals surface area contributed by atoms with Gasteiger partial charge < -0.3 is 5.11 Å². The molecule has 0 aromatic carbocycles. The molecule has 0 bridgehead atoms. The fourth-order valence-electron chi connectivity index (χ4n) is 0.565. The molecule has 54 valence electrons. The highest BCUT2D eigenvalue weighted by atomic mass is 16.4. The highest BCUT2D eigenvalue weighted by Crippen LogP contribution is 2.11. The summed E-state index contributed by atoms with van der Waals surface area (Å²) in [5.41, 5.74) is -0.0231. The Bertz CT molecular complexity index is 190. The SMILES string of the molecule is C=C(C(=O)O)C(C#N)CC. The van der Waals surface area contributed by atoms with Crippen molar-refractivity contribution in [1.29, 1.82) is 5.26 Å². The first-order valence-electron chi connectivity index (χ1n) is 2.95. The third kappa shape index (κ3) is 1.90. The van der Waals surface area contributed by atoms with Gasteiger partial charge in [0.1, 0.15) is 0 Å². The van der Waals surface area contributed by atoms with Crippen molar-refractivity contribution in [3.8, 4) is 6.07 Å². The van der Waals surface area contributed by atoms with Gasteiger partial charge in [0, 0.05) is 5.57 Å². The molecule has 0 aromatic rings. The Morgan fingerprint density at radius 1 is 1.90 bits per heavy atom. The highest BCUT2D eigenvalue weighted by molar-refractivity contribution is 5.86. The Morgan fingerprint density at radius 2 is 2.40 bits per heavy atom. The van der Waals surface area contributed by atoms with E-state index in [0.717, 1.165) is 0 Å². The van der Waals surface area contributed by atoms with E-state index in [9.17, 15) is 4.79 Å². The first-order chi connectivity index (χ1) is 4.63. The molecule has 3 nitrogen and oxygen atoms in total. The summed E-state index contributed by atoms with van der Waals surface area (Å²) in [4.78, 5) is 10.2. The average molecular weight is 139 g/mol. The van der Waals surface area contributed by atoms with Gasteiger partial charge in [0.05, 0.1) is 12.0 Å². The van der Waals surface area contributed by atoms with Crippen LogP contribution in [-0.2, 0) is 4.79 Å². The molecule has 0 aliphatic heterocycles. The molecule has 10 heavy (non-hydrogen) atoms. The molecule has 0 saturated carbocycles. The van der Waals surface area contributed by atoms with E-state index in [1.54, 1.807) is 6.92 Å². The van der Waals surface area contributed by atoms with Crippen LogP contribution in [0.4, 0.5) is 0 Å². The summed E-state index contributed by atoms with van der Waals surface area (Å²) in [6.07, 6.45) is 0.502. The van der Waals surface area contributed by atoms with Crippen LogP contribution in [0.2, 0.25) is 0 Å². The summed E-state index contributed by atoms with van der Waals surface area (Å²) in [7, 11) is 0. The number of carbonyl (C=O) groups is 1. The third-order valence-corrected chi connectivity index (χ3v) is 1.26. The second-order valence-electron chi connectivity index (χ2n) is 1.92. The van der Waals surface area contributed by atoms with Gasteiger partial charge in [-0.2, -0.15) is 5.26 Å². The van der Waals surface area contributed by atoms with Crippen molar-refractivity contribution in [2.24, 2.45) is 5.92 Å². The summed E-state index contributed by atoms with van der Waals surface area (Å²) in [5, 5.41) is 16.7. The van der Waals surface area contributed by atoms with Crippen molar-refractivity contribution in [2.75, 3.05) is 0 Å². The highest BCUT2D eigenvalue weighted by Gasteiger charge is 2.14. The molecule has 0 amide bonds. The maximum absolute atomic E-state index is 10.2. The van der Waals surface area contributed by atoms with Crippen molar-refractivity contribution in [1.82, 2.24) is 0 Å². The van der Waals surface area contributed by atoms with E-state index in [-0.39, 0.29) is 5.57 Å². The van der Waals surface area contributed by atoms with Crippen LogP contribution in [0.15, 0.2) is 12.2 Å². The van der Waals surface area contributed by atoms with Crippen molar-refractivity contribution < 1.29 is 9.90 Å². The minimum Gasteiger partial charge on any atom is -0.478 e. The molecule has 0 radical (unpaired) electrons. The van der Waals surface area contributed by atoms with Crippen LogP contribution in [0.1, 0.15) is 13.3 Å². The van der Waals surface area contributed by atoms with E-state index in [1.807, 2.05) is 6.07 Å². The van der Waals surface area contributed by atoms with Gasteiger partial charge in [-0.25, -0.2) is 4.79 Å². The van der Waals surface area contributed by atoms with Gasteiger partial charge in [-0.05, 0) is 6.42 Å². The molecule has 0 aliphatic rings. The standard InChI is InChI=1S/C7H9NO2/c1-3-6(4-8)5(2)7(9)10/h6H,2-3H2,1H3,(H,9,10). The number of carboxylic acid groups (broad SMARTS) is 1. The fourth-order valence-corrected chi connectivity index (χ4v) is 0.565. The number of carboxylic acids is 1. The zero-order valence-electron chi connectivity index (χ0n) is 5.79. The number of hydrogen-bond donors (Lipinski definition) is 1.